The molecule has 0 atom stereocenters. The van der Waals surface area contributed by atoms with Gasteiger partial charge in [0.05, 0.1) is 6.07 Å². The normalized spacial score (nSPS) is 8.70. The molecule has 50 valence electrons. The molecular formula is C6H5N3O. The monoisotopic (exact) mass is 135 g/mol. The molecule has 1 aromatic rings. The van der Waals surface area contributed by atoms with Gasteiger partial charge in [0.1, 0.15) is 6.42 Å². The first-order chi connectivity index (χ1) is 4.84. The molecule has 0 fully saturated rings. The SMILES string of the molecule is N#CCC(=O)n1cccn1. The number of aromatic nitrogens is 2. The summed E-state index contributed by atoms with van der Waals surface area (Å²) in [6.07, 6.45) is 2.89. The van der Waals surface area contributed by atoms with Gasteiger partial charge in [-0.3, -0.25) is 4.79 Å². The highest BCUT2D eigenvalue weighted by atomic mass is 16.2. The quantitative estimate of drug-likeness (QED) is 0.561. The predicted molar refractivity (Wildman–Crippen MR) is 33.1 cm³/mol. The fraction of sp³-hybridized carbons (Fsp3) is 0.167. The summed E-state index contributed by atoms with van der Waals surface area (Å²) in [5, 5.41) is 11.8. The van der Waals surface area contributed by atoms with E-state index < -0.39 is 0 Å². The lowest BCUT2D eigenvalue weighted by Crippen LogP contribution is -2.09. The van der Waals surface area contributed by atoms with E-state index in [1.807, 2.05) is 0 Å². The molecule has 1 heterocycles. The van der Waals surface area contributed by atoms with E-state index in [4.69, 9.17) is 5.26 Å². The molecule has 1 rings (SSSR count). The summed E-state index contributed by atoms with van der Waals surface area (Å²) >= 11 is 0. The first kappa shape index (κ1) is 6.49. The molecule has 0 aliphatic carbocycles. The van der Waals surface area contributed by atoms with Crippen LogP contribution < -0.4 is 0 Å². The van der Waals surface area contributed by atoms with Crippen LogP contribution >= 0.6 is 0 Å². The van der Waals surface area contributed by atoms with Crippen molar-refractivity contribution in [2.75, 3.05) is 0 Å². The van der Waals surface area contributed by atoms with Crippen molar-refractivity contribution in [1.82, 2.24) is 9.78 Å². The number of rotatable bonds is 1. The molecule has 0 spiro atoms. The van der Waals surface area contributed by atoms with Crippen molar-refractivity contribution in [3.63, 3.8) is 0 Å². The molecule has 0 unspecified atom stereocenters. The van der Waals surface area contributed by atoms with Crippen molar-refractivity contribution in [2.45, 2.75) is 6.42 Å². The number of carbonyl (C=O) groups excluding carboxylic acids is 1. The van der Waals surface area contributed by atoms with E-state index in [1.165, 1.54) is 12.4 Å². The zero-order chi connectivity index (χ0) is 7.40. The summed E-state index contributed by atoms with van der Waals surface area (Å²) in [4.78, 5) is 10.8. The Morgan fingerprint density at radius 3 is 3.10 bits per heavy atom. The maximum Gasteiger partial charge on any atom is 0.261 e. The van der Waals surface area contributed by atoms with Crippen LogP contribution in [-0.2, 0) is 0 Å². The molecule has 0 saturated carbocycles. The maximum atomic E-state index is 10.8. The van der Waals surface area contributed by atoms with Gasteiger partial charge in [0.2, 0.25) is 0 Å². The van der Waals surface area contributed by atoms with Crippen molar-refractivity contribution >= 4 is 5.91 Å². The van der Waals surface area contributed by atoms with Gasteiger partial charge in [0, 0.05) is 12.4 Å². The molecule has 0 N–H and O–H groups in total. The van der Waals surface area contributed by atoms with Crippen LogP contribution in [0.25, 0.3) is 0 Å². The third kappa shape index (κ3) is 1.20. The molecular weight excluding hydrogens is 130 g/mol. The van der Waals surface area contributed by atoms with E-state index in [0.29, 0.717) is 0 Å². The third-order valence-electron chi connectivity index (χ3n) is 0.990. The van der Waals surface area contributed by atoms with Gasteiger partial charge in [-0.2, -0.15) is 10.4 Å². The van der Waals surface area contributed by atoms with Gasteiger partial charge in [0.15, 0.2) is 0 Å². The van der Waals surface area contributed by atoms with Crippen molar-refractivity contribution in [1.29, 1.82) is 5.26 Å². The van der Waals surface area contributed by atoms with Gasteiger partial charge >= 0.3 is 0 Å². The molecule has 0 amide bonds. The zero-order valence-corrected chi connectivity index (χ0v) is 5.19. The predicted octanol–water partition coefficient (Wildman–Crippen LogP) is 0.437. The fourth-order valence-electron chi connectivity index (χ4n) is 0.565. The molecule has 10 heavy (non-hydrogen) atoms. The van der Waals surface area contributed by atoms with Crippen molar-refractivity contribution in [3.05, 3.63) is 18.5 Å². The molecule has 4 nitrogen and oxygen atoms in total. The maximum absolute atomic E-state index is 10.8. The highest BCUT2D eigenvalue weighted by Gasteiger charge is 2.00. The first-order valence-electron chi connectivity index (χ1n) is 2.74. The van der Waals surface area contributed by atoms with E-state index in [0.717, 1.165) is 4.68 Å². The van der Waals surface area contributed by atoms with Gasteiger partial charge < -0.3 is 0 Å². The van der Waals surface area contributed by atoms with E-state index in [1.54, 1.807) is 12.1 Å². The van der Waals surface area contributed by atoms with Crippen LogP contribution in [0.4, 0.5) is 0 Å². The molecule has 0 aliphatic heterocycles. The standard InChI is InChI=1S/C6H5N3O/c7-3-2-6(10)9-5-1-4-8-9/h1,4-5H,2H2. The number of hydrogen-bond donors (Lipinski definition) is 0. The van der Waals surface area contributed by atoms with Crippen molar-refractivity contribution in [2.24, 2.45) is 0 Å². The lowest BCUT2D eigenvalue weighted by molar-refractivity contribution is 0.0904. The van der Waals surface area contributed by atoms with Gasteiger partial charge in [0.25, 0.3) is 5.91 Å². The van der Waals surface area contributed by atoms with Crippen LogP contribution in [0.3, 0.4) is 0 Å². The van der Waals surface area contributed by atoms with Crippen LogP contribution in [0.5, 0.6) is 0 Å². The van der Waals surface area contributed by atoms with Crippen LogP contribution in [-0.4, -0.2) is 15.7 Å². The van der Waals surface area contributed by atoms with E-state index in [2.05, 4.69) is 5.10 Å². The molecule has 1 aromatic heterocycles. The topological polar surface area (TPSA) is 58.7 Å². The largest absolute Gasteiger partial charge is 0.271 e. The lowest BCUT2D eigenvalue weighted by atomic mass is 10.4. The minimum atomic E-state index is -0.299. The van der Waals surface area contributed by atoms with Crippen LogP contribution in [0.1, 0.15) is 11.2 Å². The average molecular weight is 135 g/mol. The first-order valence-corrected chi connectivity index (χ1v) is 2.74. The highest BCUT2D eigenvalue weighted by Crippen LogP contribution is 1.87. The van der Waals surface area contributed by atoms with Crippen LogP contribution in [0.2, 0.25) is 0 Å². The summed E-state index contributed by atoms with van der Waals surface area (Å²) in [5.74, 6) is -0.299. The second-order valence-corrected chi connectivity index (χ2v) is 1.68. The summed E-state index contributed by atoms with van der Waals surface area (Å²) in [5.41, 5.74) is 0. The van der Waals surface area contributed by atoms with Gasteiger partial charge in [-0.25, -0.2) is 4.68 Å². The van der Waals surface area contributed by atoms with Gasteiger partial charge in [-0.1, -0.05) is 0 Å². The molecule has 0 bridgehead atoms. The second kappa shape index (κ2) is 2.78. The number of nitrogens with zero attached hydrogens (tertiary/aromatic N) is 3. The summed E-state index contributed by atoms with van der Waals surface area (Å²) in [6.45, 7) is 0. The Hall–Kier alpha value is -1.63. The number of nitriles is 1. The Morgan fingerprint density at radius 2 is 2.60 bits per heavy atom. The molecule has 0 saturated heterocycles. The smallest absolute Gasteiger partial charge is 0.261 e. The minimum Gasteiger partial charge on any atom is -0.271 e. The van der Waals surface area contributed by atoms with Crippen molar-refractivity contribution < 1.29 is 4.79 Å². The summed E-state index contributed by atoms with van der Waals surface area (Å²) in [7, 11) is 0. The summed E-state index contributed by atoms with van der Waals surface area (Å²) < 4.78 is 1.14. The Labute approximate surface area is 57.7 Å². The second-order valence-electron chi connectivity index (χ2n) is 1.68. The number of hydrogen-bond acceptors (Lipinski definition) is 3. The Morgan fingerprint density at radius 1 is 1.80 bits per heavy atom. The van der Waals surface area contributed by atoms with E-state index in [-0.39, 0.29) is 12.3 Å². The zero-order valence-electron chi connectivity index (χ0n) is 5.19. The van der Waals surface area contributed by atoms with Crippen LogP contribution in [0, 0.1) is 11.3 Å². The van der Waals surface area contributed by atoms with Gasteiger partial charge in [-0.05, 0) is 6.07 Å². The Bertz CT molecular complexity index is 257. The molecule has 0 aliphatic rings. The fourth-order valence-corrected chi connectivity index (χ4v) is 0.565. The minimum absolute atomic E-state index is 0.123. The average Bonchev–Trinajstić information content (AvgIpc) is 2.38. The third-order valence-corrected chi connectivity index (χ3v) is 0.990. The van der Waals surface area contributed by atoms with Crippen molar-refractivity contribution in [3.8, 4) is 6.07 Å². The van der Waals surface area contributed by atoms with Gasteiger partial charge in [-0.15, -0.1) is 0 Å². The van der Waals surface area contributed by atoms with E-state index in [9.17, 15) is 4.79 Å². The number of carbonyl (C=O) groups is 1. The highest BCUT2D eigenvalue weighted by molar-refractivity contribution is 5.79. The molecule has 0 aromatic carbocycles. The van der Waals surface area contributed by atoms with E-state index >= 15 is 0 Å². The molecule has 4 heteroatoms. The Balaban J connectivity index is 2.71. The summed E-state index contributed by atoms with van der Waals surface area (Å²) in [6, 6.07) is 3.38. The Kier molecular flexibility index (Phi) is 1.80. The molecule has 0 radical (unpaired) electrons. The lowest BCUT2D eigenvalue weighted by Gasteiger charge is -1.90. The van der Waals surface area contributed by atoms with Crippen LogP contribution in [0.15, 0.2) is 18.5 Å².